The molecule has 0 aliphatic carbocycles. The van der Waals surface area contributed by atoms with Crippen LogP contribution in [-0.2, 0) is 0 Å². The van der Waals surface area contributed by atoms with Gasteiger partial charge < -0.3 is 18.9 Å². The van der Waals surface area contributed by atoms with Gasteiger partial charge in [0.15, 0.2) is 11.5 Å². The monoisotopic (exact) mass is 800 g/mol. The predicted molar refractivity (Wildman–Crippen MR) is 244 cm³/mol. The van der Waals surface area contributed by atoms with Crippen molar-refractivity contribution in [1.29, 1.82) is 10.5 Å². The van der Waals surface area contributed by atoms with Gasteiger partial charge >= 0.3 is 0 Å². The van der Waals surface area contributed by atoms with E-state index in [9.17, 15) is 10.5 Å². The minimum Gasteiger partial charge on any atom is -0.451 e. The maximum absolute atomic E-state index is 11.2. The first-order valence-electron chi connectivity index (χ1n) is 20.0. The van der Waals surface area contributed by atoms with Gasteiger partial charge in [0, 0.05) is 22.3 Å². The highest BCUT2D eigenvalue weighted by Crippen LogP contribution is 2.57. The van der Waals surface area contributed by atoms with Crippen LogP contribution in [0.4, 0.5) is 0 Å². The second-order valence-corrected chi connectivity index (χ2v) is 14.1. The summed E-state index contributed by atoms with van der Waals surface area (Å²) in [4.78, 5) is 0. The lowest BCUT2D eigenvalue weighted by Crippen LogP contribution is -2.04. The highest BCUT2D eigenvalue weighted by molar-refractivity contribution is 5.81. The van der Waals surface area contributed by atoms with Gasteiger partial charge in [0.2, 0.25) is 11.5 Å². The van der Waals surface area contributed by atoms with Gasteiger partial charge in [-0.3, -0.25) is 0 Å². The van der Waals surface area contributed by atoms with Gasteiger partial charge in [-0.05, 0) is 46.5 Å². The van der Waals surface area contributed by atoms with E-state index in [-0.39, 0.29) is 34.1 Å². The minimum absolute atomic E-state index is 0.0221. The summed E-state index contributed by atoms with van der Waals surface area (Å²) in [5, 5.41) is 22.4. The Morgan fingerprint density at radius 2 is 0.452 bits per heavy atom. The third-order valence-electron chi connectivity index (χ3n) is 10.3. The van der Waals surface area contributed by atoms with Crippen LogP contribution in [0.5, 0.6) is 46.0 Å². The van der Waals surface area contributed by atoms with E-state index in [1.165, 1.54) is 0 Å². The second kappa shape index (κ2) is 18.0. The molecule has 294 valence electrons. The Hall–Kier alpha value is -8.84. The van der Waals surface area contributed by atoms with Gasteiger partial charge in [0.05, 0.1) is 0 Å². The van der Waals surface area contributed by atoms with Gasteiger partial charge in [-0.25, -0.2) is 0 Å². The Balaban J connectivity index is 1.35. The summed E-state index contributed by atoms with van der Waals surface area (Å²) >= 11 is 0. The van der Waals surface area contributed by atoms with Gasteiger partial charge in [0.1, 0.15) is 46.3 Å². The van der Waals surface area contributed by atoms with Crippen LogP contribution in [0, 0.1) is 22.7 Å². The summed E-state index contributed by atoms with van der Waals surface area (Å²) in [5.41, 5.74) is 6.48. The molecular weight excluding hydrogens is 765 g/mol. The second-order valence-electron chi connectivity index (χ2n) is 14.1. The number of rotatable bonds is 12. The average molecular weight is 801 g/mol. The molecule has 6 nitrogen and oxygen atoms in total. The predicted octanol–water partition coefficient (Wildman–Crippen LogP) is 15.3. The van der Waals surface area contributed by atoms with E-state index in [0.717, 1.165) is 44.5 Å². The summed E-state index contributed by atoms with van der Waals surface area (Å²) in [6, 6.07) is 74.3. The zero-order valence-electron chi connectivity index (χ0n) is 33.3. The summed E-state index contributed by atoms with van der Waals surface area (Å²) in [6.45, 7) is 0. The van der Waals surface area contributed by atoms with Crippen molar-refractivity contribution in [1.82, 2.24) is 0 Å². The van der Waals surface area contributed by atoms with Crippen molar-refractivity contribution in [2.45, 2.75) is 0 Å². The first-order valence-corrected chi connectivity index (χ1v) is 20.0. The first-order chi connectivity index (χ1) is 30.7. The fraction of sp³-hybridized carbons (Fsp3) is 0. The first kappa shape index (κ1) is 38.7. The summed E-state index contributed by atoms with van der Waals surface area (Å²) < 4.78 is 28.1. The molecule has 0 saturated heterocycles. The molecule has 9 rings (SSSR count). The van der Waals surface area contributed by atoms with E-state index in [1.807, 2.05) is 218 Å². The summed E-state index contributed by atoms with van der Waals surface area (Å²) in [5.74, 6) is 1.77. The van der Waals surface area contributed by atoms with Crippen LogP contribution < -0.4 is 18.9 Å². The Bertz CT molecular complexity index is 2870. The summed E-state index contributed by atoms with van der Waals surface area (Å²) in [6.07, 6.45) is 0. The van der Waals surface area contributed by atoms with E-state index >= 15 is 0 Å². The zero-order chi connectivity index (χ0) is 42.1. The summed E-state index contributed by atoms with van der Waals surface area (Å²) in [7, 11) is 0. The number of nitriles is 2. The van der Waals surface area contributed by atoms with Gasteiger partial charge in [0.25, 0.3) is 0 Å². The van der Waals surface area contributed by atoms with E-state index in [0.29, 0.717) is 23.0 Å². The maximum Gasteiger partial charge on any atom is 0.217 e. The van der Waals surface area contributed by atoms with Crippen LogP contribution in [0.3, 0.4) is 0 Å². The number of benzene rings is 9. The number of nitrogens with zero attached hydrogens (tertiary/aromatic N) is 2. The normalized spacial score (nSPS) is 10.5. The number of hydrogen-bond acceptors (Lipinski definition) is 6. The van der Waals surface area contributed by atoms with E-state index in [1.54, 1.807) is 0 Å². The van der Waals surface area contributed by atoms with Crippen molar-refractivity contribution in [2.24, 2.45) is 0 Å². The molecule has 0 N–H and O–H groups in total. The lowest BCUT2D eigenvalue weighted by molar-refractivity contribution is 0.366. The Morgan fingerprint density at radius 1 is 0.242 bits per heavy atom. The highest BCUT2D eigenvalue weighted by Gasteiger charge is 2.33. The van der Waals surface area contributed by atoms with Crippen molar-refractivity contribution in [3.8, 4) is 103 Å². The Labute approximate surface area is 360 Å². The molecule has 0 atom stereocenters. The third-order valence-corrected chi connectivity index (χ3v) is 10.3. The highest BCUT2D eigenvalue weighted by atomic mass is 16.6. The molecule has 0 radical (unpaired) electrons. The van der Waals surface area contributed by atoms with E-state index < -0.39 is 0 Å². The quantitative estimate of drug-likeness (QED) is 0.122. The molecule has 6 heteroatoms. The lowest BCUT2D eigenvalue weighted by Gasteiger charge is -2.24. The van der Waals surface area contributed by atoms with Gasteiger partial charge in [-0.1, -0.05) is 194 Å². The molecule has 0 spiro atoms. The van der Waals surface area contributed by atoms with Crippen LogP contribution in [-0.4, -0.2) is 0 Å². The van der Waals surface area contributed by atoms with Gasteiger partial charge in [-0.15, -0.1) is 0 Å². The number of hydrogen-bond donors (Lipinski definition) is 0. The molecule has 9 aromatic rings. The average Bonchev–Trinajstić information content (AvgIpc) is 3.34. The standard InChI is InChI=1S/C56H36N2O4/c57-37-47-48(38-58)54(60-50-34-18-14-30-44(50)40-23-7-2-8-24-40)56(62-52-36-20-16-32-46(52)42-27-11-4-12-28-42)55(61-51-35-19-15-31-45(51)41-25-9-3-10-26-41)53(47)59-49-33-17-13-29-43(49)39-21-5-1-6-22-39/h1-36H. The Morgan fingerprint density at radius 3 is 0.694 bits per heavy atom. The van der Waals surface area contributed by atoms with Crippen molar-refractivity contribution in [2.75, 3.05) is 0 Å². The van der Waals surface area contributed by atoms with Crippen LogP contribution >= 0.6 is 0 Å². The fourth-order valence-corrected chi connectivity index (χ4v) is 7.34. The molecule has 0 fully saturated rings. The van der Waals surface area contributed by atoms with Gasteiger partial charge in [-0.2, -0.15) is 10.5 Å². The molecule has 0 amide bonds. The smallest absolute Gasteiger partial charge is 0.217 e. The largest absolute Gasteiger partial charge is 0.451 e. The SMILES string of the molecule is N#Cc1c(C#N)c(Oc2ccccc2-c2ccccc2)c(Oc2ccccc2-c2ccccc2)c(Oc2ccccc2-c2ccccc2)c1Oc1ccccc1-c1ccccc1. The molecule has 0 unspecified atom stereocenters. The molecule has 9 aromatic carbocycles. The lowest BCUT2D eigenvalue weighted by atomic mass is 10.0. The molecule has 0 aliphatic rings. The molecule has 0 heterocycles. The number of para-hydroxylation sites is 4. The Kier molecular flexibility index (Phi) is 11.2. The zero-order valence-corrected chi connectivity index (χ0v) is 33.3. The maximum atomic E-state index is 11.2. The third kappa shape index (κ3) is 7.96. The molecule has 0 aliphatic heterocycles. The van der Waals surface area contributed by atoms with Crippen LogP contribution in [0.2, 0.25) is 0 Å². The van der Waals surface area contributed by atoms with Crippen LogP contribution in [0.25, 0.3) is 44.5 Å². The van der Waals surface area contributed by atoms with Crippen LogP contribution in [0.15, 0.2) is 218 Å². The fourth-order valence-electron chi connectivity index (χ4n) is 7.34. The van der Waals surface area contributed by atoms with Crippen molar-refractivity contribution >= 4 is 0 Å². The molecule has 62 heavy (non-hydrogen) atoms. The van der Waals surface area contributed by atoms with E-state index in [4.69, 9.17) is 18.9 Å². The molecule has 0 bridgehead atoms. The minimum atomic E-state index is -0.0987. The van der Waals surface area contributed by atoms with Crippen LogP contribution in [0.1, 0.15) is 11.1 Å². The number of ether oxygens (including phenoxy) is 4. The van der Waals surface area contributed by atoms with E-state index in [2.05, 4.69) is 12.1 Å². The van der Waals surface area contributed by atoms with Crippen molar-refractivity contribution in [3.05, 3.63) is 230 Å². The van der Waals surface area contributed by atoms with Crippen molar-refractivity contribution < 1.29 is 18.9 Å². The molecule has 0 saturated carbocycles. The van der Waals surface area contributed by atoms with Crippen molar-refractivity contribution in [3.63, 3.8) is 0 Å². The molecule has 0 aromatic heterocycles. The molecular formula is C56H36N2O4. The topological polar surface area (TPSA) is 84.5 Å².